The van der Waals surface area contributed by atoms with Gasteiger partial charge in [0.15, 0.2) is 0 Å². The van der Waals surface area contributed by atoms with Gasteiger partial charge >= 0.3 is 0 Å². The number of nitrogens with zero attached hydrogens (tertiary/aromatic N) is 1. The fourth-order valence-corrected chi connectivity index (χ4v) is 3.87. The SMILES string of the molecule is CNc1ccc(S(=O)(=O)N2CCC(OCCO)CC2)cc1. The first kappa shape index (κ1) is 16.2. The Hall–Kier alpha value is -1.15. The lowest BCUT2D eigenvalue weighted by Crippen LogP contribution is -2.41. The molecule has 2 rings (SSSR count). The van der Waals surface area contributed by atoms with Gasteiger partial charge in [0.05, 0.1) is 24.2 Å². The molecule has 0 unspecified atom stereocenters. The van der Waals surface area contributed by atoms with Crippen LogP contribution in [0.4, 0.5) is 5.69 Å². The molecule has 118 valence electrons. The van der Waals surface area contributed by atoms with Crippen LogP contribution in [-0.2, 0) is 14.8 Å². The first-order valence-electron chi connectivity index (χ1n) is 7.08. The van der Waals surface area contributed by atoms with Gasteiger partial charge in [-0.25, -0.2) is 8.42 Å². The quantitative estimate of drug-likeness (QED) is 0.815. The molecule has 1 aliphatic heterocycles. The summed E-state index contributed by atoms with van der Waals surface area (Å²) in [5.41, 5.74) is 0.880. The maximum atomic E-state index is 12.5. The average molecular weight is 314 g/mol. The Morgan fingerprint density at radius 1 is 1.29 bits per heavy atom. The molecule has 1 aromatic rings. The lowest BCUT2D eigenvalue weighted by atomic mass is 10.1. The van der Waals surface area contributed by atoms with E-state index < -0.39 is 10.0 Å². The molecule has 1 aliphatic rings. The lowest BCUT2D eigenvalue weighted by Gasteiger charge is -2.31. The van der Waals surface area contributed by atoms with Crippen molar-refractivity contribution in [2.45, 2.75) is 23.8 Å². The van der Waals surface area contributed by atoms with Crippen LogP contribution in [-0.4, -0.2) is 57.3 Å². The Morgan fingerprint density at radius 3 is 2.43 bits per heavy atom. The molecule has 21 heavy (non-hydrogen) atoms. The Kier molecular flexibility index (Phi) is 5.58. The molecule has 0 spiro atoms. The number of sulfonamides is 1. The van der Waals surface area contributed by atoms with Crippen molar-refractivity contribution in [2.75, 3.05) is 38.7 Å². The van der Waals surface area contributed by atoms with E-state index in [9.17, 15) is 8.42 Å². The van der Waals surface area contributed by atoms with E-state index in [1.54, 1.807) is 31.3 Å². The van der Waals surface area contributed by atoms with E-state index in [1.807, 2.05) is 0 Å². The highest BCUT2D eigenvalue weighted by Gasteiger charge is 2.29. The molecular formula is C14H22N2O4S. The number of anilines is 1. The summed E-state index contributed by atoms with van der Waals surface area (Å²) < 4.78 is 32.0. The lowest BCUT2D eigenvalue weighted by molar-refractivity contribution is 0.00318. The van der Waals surface area contributed by atoms with Gasteiger partial charge < -0.3 is 15.2 Å². The number of hydrogen-bond donors (Lipinski definition) is 2. The van der Waals surface area contributed by atoms with E-state index in [2.05, 4.69) is 5.32 Å². The molecule has 6 nitrogen and oxygen atoms in total. The summed E-state index contributed by atoms with van der Waals surface area (Å²) in [5.74, 6) is 0. The van der Waals surface area contributed by atoms with Gasteiger partial charge in [-0.05, 0) is 37.1 Å². The molecular weight excluding hydrogens is 292 g/mol. The molecule has 0 saturated carbocycles. The molecule has 0 amide bonds. The first-order valence-corrected chi connectivity index (χ1v) is 8.52. The zero-order valence-electron chi connectivity index (χ0n) is 12.2. The molecule has 0 bridgehead atoms. The van der Waals surface area contributed by atoms with Gasteiger partial charge in [-0.15, -0.1) is 0 Å². The van der Waals surface area contributed by atoms with Crippen LogP contribution in [0, 0.1) is 0 Å². The number of rotatable bonds is 6. The van der Waals surface area contributed by atoms with Gasteiger partial charge in [0.1, 0.15) is 0 Å². The van der Waals surface area contributed by atoms with E-state index >= 15 is 0 Å². The minimum atomic E-state index is -3.43. The van der Waals surface area contributed by atoms with Crippen molar-refractivity contribution in [1.82, 2.24) is 4.31 Å². The number of ether oxygens (including phenoxy) is 1. The van der Waals surface area contributed by atoms with Crippen LogP contribution < -0.4 is 5.32 Å². The van der Waals surface area contributed by atoms with E-state index in [-0.39, 0.29) is 12.7 Å². The van der Waals surface area contributed by atoms with Crippen LogP contribution in [0.25, 0.3) is 0 Å². The third-order valence-electron chi connectivity index (χ3n) is 3.63. The summed E-state index contributed by atoms with van der Waals surface area (Å²) in [4.78, 5) is 0.316. The van der Waals surface area contributed by atoms with Gasteiger partial charge in [-0.3, -0.25) is 0 Å². The fraction of sp³-hybridized carbons (Fsp3) is 0.571. The minimum absolute atomic E-state index is 0.00365. The summed E-state index contributed by atoms with van der Waals surface area (Å²) in [6, 6.07) is 6.75. The van der Waals surface area contributed by atoms with Crippen molar-refractivity contribution in [2.24, 2.45) is 0 Å². The van der Waals surface area contributed by atoms with Crippen molar-refractivity contribution in [3.8, 4) is 0 Å². The minimum Gasteiger partial charge on any atom is -0.394 e. The van der Waals surface area contributed by atoms with Crippen LogP contribution in [0.5, 0.6) is 0 Å². The topological polar surface area (TPSA) is 78.9 Å². The Morgan fingerprint density at radius 2 is 1.90 bits per heavy atom. The standard InChI is InChI=1S/C14H22N2O4S/c1-15-12-2-4-14(5-3-12)21(18,19)16-8-6-13(7-9-16)20-11-10-17/h2-5,13,15,17H,6-11H2,1H3. The third kappa shape index (κ3) is 3.94. The smallest absolute Gasteiger partial charge is 0.243 e. The summed E-state index contributed by atoms with van der Waals surface area (Å²) in [6.45, 7) is 1.21. The molecule has 0 aromatic heterocycles. The van der Waals surface area contributed by atoms with Crippen LogP contribution in [0.15, 0.2) is 29.2 Å². The number of aliphatic hydroxyl groups excluding tert-OH is 1. The van der Waals surface area contributed by atoms with Crippen LogP contribution in [0.2, 0.25) is 0 Å². The summed E-state index contributed by atoms with van der Waals surface area (Å²) in [5, 5.41) is 11.7. The monoisotopic (exact) mass is 314 g/mol. The highest BCUT2D eigenvalue weighted by molar-refractivity contribution is 7.89. The molecule has 0 radical (unpaired) electrons. The van der Waals surface area contributed by atoms with E-state index in [0.717, 1.165) is 5.69 Å². The second-order valence-corrected chi connectivity index (χ2v) is 6.91. The average Bonchev–Trinajstić information content (AvgIpc) is 2.53. The largest absolute Gasteiger partial charge is 0.394 e. The third-order valence-corrected chi connectivity index (χ3v) is 5.54. The van der Waals surface area contributed by atoms with E-state index in [0.29, 0.717) is 37.4 Å². The van der Waals surface area contributed by atoms with Crippen LogP contribution >= 0.6 is 0 Å². The molecule has 1 saturated heterocycles. The maximum Gasteiger partial charge on any atom is 0.243 e. The number of nitrogens with one attached hydrogen (secondary N) is 1. The van der Waals surface area contributed by atoms with Gasteiger partial charge in [0.25, 0.3) is 0 Å². The van der Waals surface area contributed by atoms with Crippen molar-refractivity contribution in [1.29, 1.82) is 0 Å². The number of aliphatic hydroxyl groups is 1. The zero-order chi connectivity index (χ0) is 15.3. The Labute approximate surface area is 125 Å². The van der Waals surface area contributed by atoms with Crippen molar-refractivity contribution in [3.63, 3.8) is 0 Å². The number of hydrogen-bond acceptors (Lipinski definition) is 5. The van der Waals surface area contributed by atoms with Gasteiger partial charge in [-0.1, -0.05) is 0 Å². The Balaban J connectivity index is 2.00. The van der Waals surface area contributed by atoms with Crippen molar-refractivity contribution < 1.29 is 18.3 Å². The van der Waals surface area contributed by atoms with Crippen LogP contribution in [0.3, 0.4) is 0 Å². The van der Waals surface area contributed by atoms with Crippen molar-refractivity contribution in [3.05, 3.63) is 24.3 Å². The molecule has 0 atom stereocenters. The summed E-state index contributed by atoms with van der Waals surface area (Å²) in [6.07, 6.45) is 1.36. The zero-order valence-corrected chi connectivity index (χ0v) is 13.0. The molecule has 1 heterocycles. The van der Waals surface area contributed by atoms with Crippen molar-refractivity contribution >= 4 is 15.7 Å². The van der Waals surface area contributed by atoms with Crippen LogP contribution in [0.1, 0.15) is 12.8 Å². The van der Waals surface area contributed by atoms with Gasteiger partial charge in [-0.2, -0.15) is 4.31 Å². The predicted molar refractivity (Wildman–Crippen MR) is 80.8 cm³/mol. The normalized spacial score (nSPS) is 17.8. The molecule has 1 aromatic carbocycles. The van der Waals surface area contributed by atoms with E-state index in [4.69, 9.17) is 9.84 Å². The Bertz CT molecular complexity index is 537. The van der Waals surface area contributed by atoms with Gasteiger partial charge in [0.2, 0.25) is 10.0 Å². The maximum absolute atomic E-state index is 12.5. The summed E-state index contributed by atoms with van der Waals surface area (Å²) >= 11 is 0. The molecule has 7 heteroatoms. The highest BCUT2D eigenvalue weighted by Crippen LogP contribution is 2.23. The number of benzene rings is 1. The van der Waals surface area contributed by atoms with E-state index in [1.165, 1.54) is 4.31 Å². The predicted octanol–water partition coefficient (Wildman–Crippen LogP) is 0.890. The number of piperidine rings is 1. The van der Waals surface area contributed by atoms with Gasteiger partial charge in [0, 0.05) is 25.8 Å². The summed E-state index contributed by atoms with van der Waals surface area (Å²) in [7, 11) is -1.64. The molecule has 2 N–H and O–H groups in total. The fourth-order valence-electron chi connectivity index (χ4n) is 2.40. The second kappa shape index (κ2) is 7.22. The molecule has 0 aliphatic carbocycles. The highest BCUT2D eigenvalue weighted by atomic mass is 32.2. The first-order chi connectivity index (χ1) is 10.1. The molecule has 1 fully saturated rings. The second-order valence-electron chi connectivity index (χ2n) is 4.97.